The first-order valence-corrected chi connectivity index (χ1v) is 7.28. The van der Waals surface area contributed by atoms with E-state index < -0.39 is 0 Å². The molecule has 0 saturated carbocycles. The highest BCUT2D eigenvalue weighted by Crippen LogP contribution is 2.19. The van der Waals surface area contributed by atoms with Crippen molar-refractivity contribution in [2.24, 2.45) is 0 Å². The molecule has 0 radical (unpaired) electrons. The Morgan fingerprint density at radius 3 is 2.26 bits per heavy atom. The van der Waals surface area contributed by atoms with Crippen molar-refractivity contribution in [3.8, 4) is 11.5 Å². The monoisotopic (exact) mass is 265 g/mol. The summed E-state index contributed by atoms with van der Waals surface area (Å²) in [6.07, 6.45) is 2.23. The van der Waals surface area contributed by atoms with E-state index in [1.807, 2.05) is 24.3 Å². The minimum Gasteiger partial charge on any atom is -0.494 e. The molecule has 3 nitrogen and oxygen atoms in total. The Hall–Kier alpha value is -1.22. The topological polar surface area (TPSA) is 30.5 Å². The van der Waals surface area contributed by atoms with Crippen LogP contribution >= 0.6 is 0 Å². The number of benzene rings is 1. The molecule has 1 rings (SSSR count). The lowest BCUT2D eigenvalue weighted by Gasteiger charge is -2.19. The van der Waals surface area contributed by atoms with Gasteiger partial charge in [0.2, 0.25) is 0 Å². The third-order valence-electron chi connectivity index (χ3n) is 2.87. The average Bonchev–Trinajstić information content (AvgIpc) is 2.38. The molecule has 0 amide bonds. The van der Waals surface area contributed by atoms with E-state index >= 15 is 0 Å². The molecule has 1 aromatic rings. The summed E-state index contributed by atoms with van der Waals surface area (Å²) in [5, 5.41) is 3.39. The van der Waals surface area contributed by atoms with Gasteiger partial charge >= 0.3 is 0 Å². The molecule has 2 atom stereocenters. The van der Waals surface area contributed by atoms with Crippen LogP contribution in [0.15, 0.2) is 24.3 Å². The van der Waals surface area contributed by atoms with Crippen LogP contribution in [0, 0.1) is 0 Å². The molecule has 0 aliphatic carbocycles. The molecular formula is C16H27NO2. The lowest BCUT2D eigenvalue weighted by atomic mass is 10.1. The molecule has 0 heterocycles. The second-order valence-corrected chi connectivity index (χ2v) is 4.94. The first-order chi connectivity index (χ1) is 9.15. The fraction of sp³-hybridized carbons (Fsp3) is 0.625. The van der Waals surface area contributed by atoms with Crippen molar-refractivity contribution in [2.45, 2.75) is 52.7 Å². The van der Waals surface area contributed by atoms with Gasteiger partial charge in [-0.2, -0.15) is 0 Å². The molecule has 0 aliphatic heterocycles. The molecule has 0 aromatic heterocycles. The second-order valence-electron chi connectivity index (χ2n) is 4.94. The highest BCUT2D eigenvalue weighted by Gasteiger charge is 2.09. The van der Waals surface area contributed by atoms with Crippen molar-refractivity contribution in [1.29, 1.82) is 0 Å². The van der Waals surface area contributed by atoms with Gasteiger partial charge in [0.15, 0.2) is 0 Å². The van der Waals surface area contributed by atoms with Crippen LogP contribution < -0.4 is 14.8 Å². The SMILES string of the molecule is CCCOc1ccc(OC(C)CC(C)NCC)cc1. The predicted molar refractivity (Wildman–Crippen MR) is 80.1 cm³/mol. The smallest absolute Gasteiger partial charge is 0.119 e. The van der Waals surface area contributed by atoms with Crippen molar-refractivity contribution in [3.63, 3.8) is 0 Å². The summed E-state index contributed by atoms with van der Waals surface area (Å²) in [6, 6.07) is 8.35. The summed E-state index contributed by atoms with van der Waals surface area (Å²) < 4.78 is 11.4. The Labute approximate surface area is 117 Å². The van der Waals surface area contributed by atoms with Crippen LogP contribution in [0.25, 0.3) is 0 Å². The quantitative estimate of drug-likeness (QED) is 0.739. The first kappa shape index (κ1) is 15.8. The summed E-state index contributed by atoms with van der Waals surface area (Å²) in [5.41, 5.74) is 0. The number of hydrogen-bond donors (Lipinski definition) is 1. The van der Waals surface area contributed by atoms with Crippen LogP contribution in [0.2, 0.25) is 0 Å². The van der Waals surface area contributed by atoms with Crippen LogP contribution in [-0.2, 0) is 0 Å². The van der Waals surface area contributed by atoms with E-state index in [2.05, 4.69) is 33.0 Å². The maximum absolute atomic E-state index is 5.90. The van der Waals surface area contributed by atoms with Gasteiger partial charge in [0.1, 0.15) is 11.5 Å². The fourth-order valence-electron chi connectivity index (χ4n) is 2.04. The molecule has 0 aliphatic rings. The van der Waals surface area contributed by atoms with E-state index in [4.69, 9.17) is 9.47 Å². The number of nitrogens with one attached hydrogen (secondary N) is 1. The van der Waals surface area contributed by atoms with E-state index in [0.29, 0.717) is 6.04 Å². The highest BCUT2D eigenvalue weighted by molar-refractivity contribution is 5.31. The Morgan fingerprint density at radius 1 is 1.05 bits per heavy atom. The molecule has 108 valence electrons. The van der Waals surface area contributed by atoms with E-state index in [-0.39, 0.29) is 6.10 Å². The summed E-state index contributed by atoms with van der Waals surface area (Å²) in [6.45, 7) is 10.3. The van der Waals surface area contributed by atoms with Crippen LogP contribution in [0.1, 0.15) is 40.5 Å². The fourth-order valence-corrected chi connectivity index (χ4v) is 2.04. The molecule has 0 saturated heterocycles. The van der Waals surface area contributed by atoms with Crippen LogP contribution in [-0.4, -0.2) is 25.3 Å². The zero-order valence-corrected chi connectivity index (χ0v) is 12.6. The summed E-state index contributed by atoms with van der Waals surface area (Å²) in [7, 11) is 0. The Kier molecular flexibility index (Phi) is 7.34. The van der Waals surface area contributed by atoms with E-state index in [0.717, 1.165) is 37.5 Å². The normalized spacial score (nSPS) is 13.9. The number of ether oxygens (including phenoxy) is 2. The lowest BCUT2D eigenvalue weighted by molar-refractivity contribution is 0.196. The molecule has 19 heavy (non-hydrogen) atoms. The van der Waals surface area contributed by atoms with Crippen LogP contribution in [0.5, 0.6) is 11.5 Å². The average molecular weight is 265 g/mol. The molecule has 0 bridgehead atoms. The van der Waals surface area contributed by atoms with Crippen molar-refractivity contribution in [3.05, 3.63) is 24.3 Å². The van der Waals surface area contributed by atoms with Crippen molar-refractivity contribution in [1.82, 2.24) is 5.32 Å². The van der Waals surface area contributed by atoms with Crippen molar-refractivity contribution in [2.75, 3.05) is 13.2 Å². The zero-order chi connectivity index (χ0) is 14.1. The van der Waals surface area contributed by atoms with Crippen LogP contribution in [0.4, 0.5) is 0 Å². The lowest BCUT2D eigenvalue weighted by Crippen LogP contribution is -2.30. The molecule has 1 aromatic carbocycles. The first-order valence-electron chi connectivity index (χ1n) is 7.28. The minimum atomic E-state index is 0.205. The predicted octanol–water partition coefficient (Wildman–Crippen LogP) is 3.63. The van der Waals surface area contributed by atoms with E-state index in [9.17, 15) is 0 Å². The maximum Gasteiger partial charge on any atom is 0.119 e. The highest BCUT2D eigenvalue weighted by atomic mass is 16.5. The Morgan fingerprint density at radius 2 is 1.68 bits per heavy atom. The summed E-state index contributed by atoms with van der Waals surface area (Å²) in [4.78, 5) is 0. The van der Waals surface area contributed by atoms with Gasteiger partial charge in [-0.15, -0.1) is 0 Å². The van der Waals surface area contributed by atoms with Gasteiger partial charge in [0.05, 0.1) is 12.7 Å². The van der Waals surface area contributed by atoms with Crippen molar-refractivity contribution < 1.29 is 9.47 Å². The standard InChI is InChI=1S/C16H27NO2/c1-5-11-18-15-7-9-16(10-8-15)19-14(4)12-13(3)17-6-2/h7-10,13-14,17H,5-6,11-12H2,1-4H3. The van der Waals surface area contributed by atoms with Gasteiger partial charge in [-0.25, -0.2) is 0 Å². The van der Waals surface area contributed by atoms with Gasteiger partial charge in [0, 0.05) is 6.04 Å². The van der Waals surface area contributed by atoms with Crippen LogP contribution in [0.3, 0.4) is 0 Å². The van der Waals surface area contributed by atoms with E-state index in [1.54, 1.807) is 0 Å². The third kappa shape index (κ3) is 6.48. The van der Waals surface area contributed by atoms with Gasteiger partial charge in [0.25, 0.3) is 0 Å². The number of rotatable bonds is 9. The maximum atomic E-state index is 5.90. The molecule has 3 heteroatoms. The molecule has 0 spiro atoms. The zero-order valence-electron chi connectivity index (χ0n) is 12.6. The van der Waals surface area contributed by atoms with Gasteiger partial charge < -0.3 is 14.8 Å². The molecular weight excluding hydrogens is 238 g/mol. The minimum absolute atomic E-state index is 0.205. The molecule has 1 N–H and O–H groups in total. The largest absolute Gasteiger partial charge is 0.494 e. The Balaban J connectivity index is 2.39. The molecule has 2 unspecified atom stereocenters. The van der Waals surface area contributed by atoms with Crippen molar-refractivity contribution >= 4 is 0 Å². The molecule has 0 fully saturated rings. The number of hydrogen-bond acceptors (Lipinski definition) is 3. The second kappa shape index (κ2) is 8.81. The third-order valence-corrected chi connectivity index (χ3v) is 2.87. The van der Waals surface area contributed by atoms with Gasteiger partial charge in [-0.05, 0) is 57.5 Å². The summed E-state index contributed by atoms with van der Waals surface area (Å²) >= 11 is 0. The van der Waals surface area contributed by atoms with Gasteiger partial charge in [-0.3, -0.25) is 0 Å². The summed E-state index contributed by atoms with van der Waals surface area (Å²) in [5.74, 6) is 1.81. The Bertz CT molecular complexity index is 337. The van der Waals surface area contributed by atoms with E-state index in [1.165, 1.54) is 0 Å². The van der Waals surface area contributed by atoms with Gasteiger partial charge in [-0.1, -0.05) is 13.8 Å².